The lowest BCUT2D eigenvalue weighted by atomic mass is 10.0. The Kier molecular flexibility index (Phi) is 6.20. The van der Waals surface area contributed by atoms with Crippen molar-refractivity contribution >= 4 is 0 Å². The first-order valence-corrected chi connectivity index (χ1v) is 9.09. The van der Waals surface area contributed by atoms with Crippen molar-refractivity contribution in [2.75, 3.05) is 19.8 Å². The number of aromatic nitrogens is 3. The highest BCUT2D eigenvalue weighted by Crippen LogP contribution is 2.31. The van der Waals surface area contributed by atoms with E-state index in [9.17, 15) is 0 Å². The zero-order chi connectivity index (χ0) is 19.1. The highest BCUT2D eigenvalue weighted by Gasteiger charge is 2.14. The van der Waals surface area contributed by atoms with Crippen LogP contribution in [0.1, 0.15) is 20.8 Å². The minimum absolute atomic E-state index is 0.260. The van der Waals surface area contributed by atoms with Gasteiger partial charge in [-0.25, -0.2) is 0 Å². The summed E-state index contributed by atoms with van der Waals surface area (Å²) in [5, 5.41) is 8.47. The fourth-order valence-corrected chi connectivity index (χ4v) is 2.65. The van der Waals surface area contributed by atoms with E-state index in [0.29, 0.717) is 31.2 Å². The van der Waals surface area contributed by atoms with E-state index in [1.165, 1.54) is 0 Å². The van der Waals surface area contributed by atoms with Crippen LogP contribution in [0.15, 0.2) is 48.5 Å². The first-order chi connectivity index (χ1) is 13.2. The van der Waals surface area contributed by atoms with E-state index in [1.54, 1.807) is 0 Å². The molecule has 0 saturated heterocycles. The summed E-state index contributed by atoms with van der Waals surface area (Å²) < 4.78 is 16.5. The molecule has 140 valence electrons. The molecule has 3 rings (SSSR count). The summed E-state index contributed by atoms with van der Waals surface area (Å²) in [5.41, 5.74) is 3.22. The minimum atomic E-state index is 0.260. The van der Waals surface area contributed by atoms with Gasteiger partial charge < -0.3 is 14.2 Å². The van der Waals surface area contributed by atoms with Crippen LogP contribution < -0.4 is 14.2 Å². The van der Waals surface area contributed by atoms with E-state index in [1.807, 2.05) is 69.3 Å². The number of rotatable bonds is 8. The summed E-state index contributed by atoms with van der Waals surface area (Å²) in [7, 11) is 0. The molecule has 0 aliphatic heterocycles. The molecule has 0 unspecified atom stereocenters. The van der Waals surface area contributed by atoms with Gasteiger partial charge in [0.2, 0.25) is 0 Å². The predicted molar refractivity (Wildman–Crippen MR) is 104 cm³/mol. The van der Waals surface area contributed by atoms with Crippen LogP contribution >= 0.6 is 0 Å². The maximum Gasteiger partial charge on any atom is 0.336 e. The number of hydrogen-bond acceptors (Lipinski definition) is 6. The lowest BCUT2D eigenvalue weighted by Crippen LogP contribution is -2.03. The molecule has 0 aliphatic rings. The highest BCUT2D eigenvalue weighted by atomic mass is 16.5. The summed E-state index contributed by atoms with van der Waals surface area (Å²) in [6.45, 7) is 7.54. The van der Waals surface area contributed by atoms with Gasteiger partial charge in [0.1, 0.15) is 22.9 Å². The Labute approximate surface area is 159 Å². The summed E-state index contributed by atoms with van der Waals surface area (Å²) >= 11 is 0. The molecular formula is C21H23N3O3. The van der Waals surface area contributed by atoms with Crippen LogP contribution in [0.3, 0.4) is 0 Å². The first kappa shape index (κ1) is 18.6. The molecule has 0 bridgehead atoms. The smallest absolute Gasteiger partial charge is 0.336 e. The minimum Gasteiger partial charge on any atom is -0.494 e. The van der Waals surface area contributed by atoms with Crippen LogP contribution in [0.5, 0.6) is 17.5 Å². The molecule has 1 aromatic heterocycles. The maximum absolute atomic E-state index is 5.52. The fourth-order valence-electron chi connectivity index (χ4n) is 2.65. The van der Waals surface area contributed by atoms with Crippen molar-refractivity contribution in [2.45, 2.75) is 20.8 Å². The number of nitrogens with zero attached hydrogens (tertiary/aromatic N) is 3. The van der Waals surface area contributed by atoms with Crippen molar-refractivity contribution in [1.29, 1.82) is 0 Å². The largest absolute Gasteiger partial charge is 0.494 e. The van der Waals surface area contributed by atoms with E-state index >= 15 is 0 Å². The third-order valence-electron chi connectivity index (χ3n) is 3.82. The molecule has 0 amide bonds. The van der Waals surface area contributed by atoms with Crippen molar-refractivity contribution in [3.8, 4) is 40.0 Å². The average molecular weight is 365 g/mol. The lowest BCUT2D eigenvalue weighted by molar-refractivity contribution is 0.308. The van der Waals surface area contributed by atoms with Gasteiger partial charge in [0.05, 0.1) is 19.8 Å². The Morgan fingerprint density at radius 3 is 1.56 bits per heavy atom. The van der Waals surface area contributed by atoms with Gasteiger partial charge in [-0.3, -0.25) is 0 Å². The molecule has 0 N–H and O–H groups in total. The van der Waals surface area contributed by atoms with Crippen molar-refractivity contribution in [3.63, 3.8) is 0 Å². The maximum atomic E-state index is 5.52. The summed E-state index contributed by atoms with van der Waals surface area (Å²) in [6.07, 6.45) is 0. The monoisotopic (exact) mass is 365 g/mol. The number of hydrogen-bond donors (Lipinski definition) is 0. The van der Waals surface area contributed by atoms with E-state index < -0.39 is 0 Å². The molecule has 0 fully saturated rings. The fraction of sp³-hybridized carbons (Fsp3) is 0.286. The molecule has 2 aromatic carbocycles. The quantitative estimate of drug-likeness (QED) is 0.589. The summed E-state index contributed by atoms with van der Waals surface area (Å²) in [5.74, 6) is 1.63. The van der Waals surface area contributed by atoms with Gasteiger partial charge in [-0.1, -0.05) is 5.10 Å². The Morgan fingerprint density at radius 2 is 1.07 bits per heavy atom. The van der Waals surface area contributed by atoms with Crippen molar-refractivity contribution in [2.24, 2.45) is 0 Å². The molecule has 27 heavy (non-hydrogen) atoms. The first-order valence-electron chi connectivity index (χ1n) is 9.09. The molecule has 0 radical (unpaired) electrons. The third-order valence-corrected chi connectivity index (χ3v) is 3.82. The second kappa shape index (κ2) is 8.98. The van der Waals surface area contributed by atoms with E-state index in [2.05, 4.69) is 15.2 Å². The molecule has 6 heteroatoms. The van der Waals surface area contributed by atoms with Crippen LogP contribution in [0, 0.1) is 0 Å². The van der Waals surface area contributed by atoms with Crippen LogP contribution in [0.2, 0.25) is 0 Å². The predicted octanol–water partition coefficient (Wildman–Crippen LogP) is 4.40. The van der Waals surface area contributed by atoms with E-state index in [-0.39, 0.29) is 6.01 Å². The van der Waals surface area contributed by atoms with Gasteiger partial charge in [0, 0.05) is 11.1 Å². The number of ether oxygens (including phenoxy) is 3. The van der Waals surface area contributed by atoms with Crippen LogP contribution in [0.4, 0.5) is 0 Å². The van der Waals surface area contributed by atoms with Crippen molar-refractivity contribution < 1.29 is 14.2 Å². The average Bonchev–Trinajstić information content (AvgIpc) is 2.70. The van der Waals surface area contributed by atoms with Gasteiger partial charge in [-0.15, -0.1) is 5.10 Å². The molecule has 3 aromatic rings. The van der Waals surface area contributed by atoms with Gasteiger partial charge in [0.25, 0.3) is 0 Å². The van der Waals surface area contributed by atoms with Gasteiger partial charge in [-0.2, -0.15) is 4.98 Å². The van der Waals surface area contributed by atoms with E-state index in [4.69, 9.17) is 14.2 Å². The Morgan fingerprint density at radius 1 is 0.593 bits per heavy atom. The van der Waals surface area contributed by atoms with Gasteiger partial charge in [0.15, 0.2) is 0 Å². The number of benzene rings is 2. The van der Waals surface area contributed by atoms with Gasteiger partial charge >= 0.3 is 6.01 Å². The standard InChI is InChI=1S/C21H23N3O3/c1-4-25-17-11-7-15(8-12-17)19-20(23-24-21(22-19)27-6-3)16-9-13-18(14-10-16)26-5-2/h7-14H,4-6H2,1-3H3. The summed E-state index contributed by atoms with van der Waals surface area (Å²) in [4.78, 5) is 4.58. The van der Waals surface area contributed by atoms with Crippen molar-refractivity contribution in [1.82, 2.24) is 15.2 Å². The third kappa shape index (κ3) is 4.53. The van der Waals surface area contributed by atoms with Crippen LogP contribution in [0.25, 0.3) is 22.5 Å². The van der Waals surface area contributed by atoms with E-state index in [0.717, 1.165) is 22.6 Å². The molecule has 1 heterocycles. The Bertz CT molecular complexity index is 865. The Balaban J connectivity index is 2.02. The lowest BCUT2D eigenvalue weighted by Gasteiger charge is -2.11. The Hall–Kier alpha value is -3.15. The zero-order valence-corrected chi connectivity index (χ0v) is 15.8. The molecule has 0 spiro atoms. The summed E-state index contributed by atoms with van der Waals surface area (Å²) in [6, 6.07) is 15.8. The van der Waals surface area contributed by atoms with Crippen LogP contribution in [-0.4, -0.2) is 35.0 Å². The highest BCUT2D eigenvalue weighted by molar-refractivity contribution is 5.78. The molecule has 0 atom stereocenters. The molecule has 6 nitrogen and oxygen atoms in total. The van der Waals surface area contributed by atoms with Crippen LogP contribution in [-0.2, 0) is 0 Å². The normalized spacial score (nSPS) is 10.5. The molecular weight excluding hydrogens is 342 g/mol. The molecule has 0 aliphatic carbocycles. The second-order valence-electron chi connectivity index (χ2n) is 5.64. The zero-order valence-electron chi connectivity index (χ0n) is 15.8. The van der Waals surface area contributed by atoms with Crippen molar-refractivity contribution in [3.05, 3.63) is 48.5 Å². The second-order valence-corrected chi connectivity index (χ2v) is 5.64. The topological polar surface area (TPSA) is 66.4 Å². The molecule has 0 saturated carbocycles. The SMILES string of the molecule is CCOc1ccc(-c2nnc(OCC)nc2-c2ccc(OCC)cc2)cc1. The van der Waals surface area contributed by atoms with Gasteiger partial charge in [-0.05, 0) is 69.3 Å².